The van der Waals surface area contributed by atoms with Crippen LogP contribution in [-0.2, 0) is 4.79 Å². The van der Waals surface area contributed by atoms with Gasteiger partial charge in [0.2, 0.25) is 11.9 Å². The smallest absolute Gasteiger partial charge is 0.229 e. The molecule has 0 radical (unpaired) electrons. The van der Waals surface area contributed by atoms with Gasteiger partial charge in [-0.3, -0.25) is 4.79 Å². The predicted molar refractivity (Wildman–Crippen MR) is 126 cm³/mol. The molecule has 4 rings (SSSR count). The number of hydrogen-bond acceptors (Lipinski definition) is 5. The highest BCUT2D eigenvalue weighted by Crippen LogP contribution is 2.27. The Kier molecular flexibility index (Phi) is 6.11. The molecule has 0 unspecified atom stereocenters. The molecule has 7 heteroatoms. The van der Waals surface area contributed by atoms with Crippen LogP contribution in [0, 0.1) is 6.92 Å². The van der Waals surface area contributed by atoms with Crippen molar-refractivity contribution in [2.24, 2.45) is 0 Å². The summed E-state index contributed by atoms with van der Waals surface area (Å²) >= 11 is 0. The lowest BCUT2D eigenvalue weighted by Gasteiger charge is -2.35. The zero-order chi connectivity index (χ0) is 22.0. The number of anilines is 3. The van der Waals surface area contributed by atoms with E-state index in [1.165, 1.54) is 11.3 Å². The molecule has 0 spiro atoms. The molecule has 2 aromatic heterocycles. The fourth-order valence-electron chi connectivity index (χ4n) is 4.37. The van der Waals surface area contributed by atoms with Crippen LogP contribution in [0.2, 0.25) is 0 Å². The first-order valence-electron chi connectivity index (χ1n) is 11.2. The summed E-state index contributed by atoms with van der Waals surface area (Å²) in [7, 11) is 0. The average Bonchev–Trinajstić information content (AvgIpc) is 3.11. The number of hydrogen-bond donors (Lipinski definition) is 1. The summed E-state index contributed by atoms with van der Waals surface area (Å²) < 4.78 is 2.29. The number of benzene rings is 1. The van der Waals surface area contributed by atoms with E-state index in [-0.39, 0.29) is 5.91 Å². The van der Waals surface area contributed by atoms with Gasteiger partial charge in [0, 0.05) is 68.3 Å². The van der Waals surface area contributed by atoms with Crippen molar-refractivity contribution in [3.63, 3.8) is 0 Å². The highest BCUT2D eigenvalue weighted by atomic mass is 16.2. The van der Waals surface area contributed by atoms with Crippen LogP contribution in [0.15, 0.2) is 36.7 Å². The fourth-order valence-corrected chi connectivity index (χ4v) is 4.37. The van der Waals surface area contributed by atoms with Crippen LogP contribution in [0.5, 0.6) is 0 Å². The van der Waals surface area contributed by atoms with E-state index >= 15 is 0 Å². The molecule has 7 nitrogen and oxygen atoms in total. The maximum atomic E-state index is 11.5. The highest BCUT2D eigenvalue weighted by Gasteiger charge is 2.19. The molecule has 3 aromatic rings. The van der Waals surface area contributed by atoms with Crippen molar-refractivity contribution in [3.05, 3.63) is 42.2 Å². The van der Waals surface area contributed by atoms with Crippen molar-refractivity contribution in [1.29, 1.82) is 0 Å². The van der Waals surface area contributed by atoms with Gasteiger partial charge >= 0.3 is 0 Å². The molecule has 1 amide bonds. The summed E-state index contributed by atoms with van der Waals surface area (Å²) in [6.07, 6.45) is 6.27. The van der Waals surface area contributed by atoms with Gasteiger partial charge in [-0.2, -0.15) is 4.98 Å². The maximum absolute atomic E-state index is 11.5. The zero-order valence-corrected chi connectivity index (χ0v) is 18.9. The SMILES string of the molecule is CCC(CC)n1cc(C)c2cnc(Nc3ccc(N4CCN(C(C)=O)CC4)cc3)nc21. The van der Waals surface area contributed by atoms with Crippen LogP contribution in [0.25, 0.3) is 11.0 Å². The summed E-state index contributed by atoms with van der Waals surface area (Å²) in [5.74, 6) is 0.766. The van der Waals surface area contributed by atoms with Gasteiger partial charge in [-0.25, -0.2) is 4.98 Å². The molecular weight excluding hydrogens is 388 g/mol. The van der Waals surface area contributed by atoms with Crippen LogP contribution in [-0.4, -0.2) is 51.5 Å². The standard InChI is InChI=1S/C24H32N6O/c1-5-20(6-2)30-16-17(3)22-15-25-24(27-23(22)30)26-19-7-9-21(10-8-19)29-13-11-28(12-14-29)18(4)31/h7-10,15-16,20H,5-6,11-14H2,1-4H3,(H,25,26,27). The van der Waals surface area contributed by atoms with E-state index in [0.717, 1.165) is 55.7 Å². The largest absolute Gasteiger partial charge is 0.368 e. The molecule has 1 aliphatic rings. The minimum atomic E-state index is 0.154. The predicted octanol–water partition coefficient (Wildman–Crippen LogP) is 4.51. The Morgan fingerprint density at radius 3 is 2.39 bits per heavy atom. The van der Waals surface area contributed by atoms with Crippen LogP contribution in [0.4, 0.5) is 17.3 Å². The van der Waals surface area contributed by atoms with Gasteiger partial charge in [0.05, 0.1) is 0 Å². The summed E-state index contributed by atoms with van der Waals surface area (Å²) in [6, 6.07) is 8.79. The molecule has 0 bridgehead atoms. The number of carbonyl (C=O) groups is 1. The minimum absolute atomic E-state index is 0.154. The van der Waals surface area contributed by atoms with Gasteiger partial charge in [-0.15, -0.1) is 0 Å². The first-order valence-corrected chi connectivity index (χ1v) is 11.2. The fraction of sp³-hybridized carbons (Fsp3) is 0.458. The van der Waals surface area contributed by atoms with Crippen LogP contribution in [0.3, 0.4) is 0 Å². The molecule has 0 atom stereocenters. The lowest BCUT2D eigenvalue weighted by atomic mass is 10.2. The van der Waals surface area contributed by atoms with Crippen molar-refractivity contribution in [1.82, 2.24) is 19.4 Å². The highest BCUT2D eigenvalue weighted by molar-refractivity contribution is 5.81. The first-order chi connectivity index (χ1) is 15.0. The van der Waals surface area contributed by atoms with Crippen molar-refractivity contribution in [2.45, 2.75) is 46.6 Å². The van der Waals surface area contributed by atoms with Gasteiger partial charge in [0.25, 0.3) is 0 Å². The summed E-state index contributed by atoms with van der Waals surface area (Å²) in [4.78, 5) is 25.1. The maximum Gasteiger partial charge on any atom is 0.229 e. The molecule has 0 saturated carbocycles. The van der Waals surface area contributed by atoms with Crippen molar-refractivity contribution < 1.29 is 4.79 Å². The zero-order valence-electron chi connectivity index (χ0n) is 18.9. The van der Waals surface area contributed by atoms with Gasteiger partial charge in [-0.05, 0) is 49.6 Å². The Morgan fingerprint density at radius 1 is 1.10 bits per heavy atom. The van der Waals surface area contributed by atoms with E-state index < -0.39 is 0 Å². The third-order valence-electron chi connectivity index (χ3n) is 6.32. The van der Waals surface area contributed by atoms with E-state index in [2.05, 4.69) is 71.0 Å². The second kappa shape index (κ2) is 8.96. The van der Waals surface area contributed by atoms with E-state index in [9.17, 15) is 4.79 Å². The molecule has 1 fully saturated rings. The van der Waals surface area contributed by atoms with Gasteiger partial charge in [0.15, 0.2) is 0 Å². The molecular formula is C24H32N6O. The monoisotopic (exact) mass is 420 g/mol. The van der Waals surface area contributed by atoms with Crippen LogP contribution < -0.4 is 10.2 Å². The van der Waals surface area contributed by atoms with Gasteiger partial charge in [0.1, 0.15) is 5.65 Å². The third kappa shape index (κ3) is 4.36. The number of aryl methyl sites for hydroxylation is 1. The van der Waals surface area contributed by atoms with E-state index in [4.69, 9.17) is 4.98 Å². The molecule has 31 heavy (non-hydrogen) atoms. The molecule has 1 aromatic carbocycles. The number of piperazine rings is 1. The first kappa shape index (κ1) is 21.2. The van der Waals surface area contributed by atoms with Crippen LogP contribution in [0.1, 0.15) is 45.2 Å². The third-order valence-corrected chi connectivity index (χ3v) is 6.32. The Morgan fingerprint density at radius 2 is 1.77 bits per heavy atom. The average molecular weight is 421 g/mol. The minimum Gasteiger partial charge on any atom is -0.368 e. The number of fused-ring (bicyclic) bond motifs is 1. The summed E-state index contributed by atoms with van der Waals surface area (Å²) in [6.45, 7) is 11.5. The van der Waals surface area contributed by atoms with E-state index in [0.29, 0.717) is 12.0 Å². The lowest BCUT2D eigenvalue weighted by Crippen LogP contribution is -2.48. The summed E-state index contributed by atoms with van der Waals surface area (Å²) in [5.41, 5.74) is 4.33. The number of nitrogens with zero attached hydrogens (tertiary/aromatic N) is 5. The molecule has 0 aliphatic carbocycles. The van der Waals surface area contributed by atoms with E-state index in [1.54, 1.807) is 6.92 Å². The molecule has 164 valence electrons. The topological polar surface area (TPSA) is 66.3 Å². The molecule has 1 N–H and O–H groups in total. The Bertz CT molecular complexity index is 1050. The van der Waals surface area contributed by atoms with Gasteiger partial charge in [-0.1, -0.05) is 13.8 Å². The Balaban J connectivity index is 1.49. The van der Waals surface area contributed by atoms with Gasteiger partial charge < -0.3 is 19.7 Å². The number of carbonyl (C=O) groups excluding carboxylic acids is 1. The van der Waals surface area contributed by atoms with Crippen molar-refractivity contribution in [2.75, 3.05) is 36.4 Å². The van der Waals surface area contributed by atoms with Crippen molar-refractivity contribution in [3.8, 4) is 0 Å². The Labute approximate surface area is 184 Å². The second-order valence-corrected chi connectivity index (χ2v) is 8.29. The molecule has 1 aliphatic heterocycles. The number of rotatable bonds is 6. The number of amides is 1. The second-order valence-electron chi connectivity index (χ2n) is 8.29. The van der Waals surface area contributed by atoms with E-state index in [1.807, 2.05) is 11.1 Å². The normalized spacial score (nSPS) is 14.5. The Hall–Kier alpha value is -3.09. The summed E-state index contributed by atoms with van der Waals surface area (Å²) in [5, 5.41) is 4.46. The lowest BCUT2D eigenvalue weighted by molar-refractivity contribution is -0.129. The number of nitrogens with one attached hydrogen (secondary N) is 1. The number of aromatic nitrogens is 3. The molecule has 1 saturated heterocycles. The van der Waals surface area contributed by atoms with Crippen molar-refractivity contribution >= 4 is 34.3 Å². The van der Waals surface area contributed by atoms with Crippen LogP contribution >= 0.6 is 0 Å². The molecule has 3 heterocycles. The quantitative estimate of drug-likeness (QED) is 0.635.